The average Bonchev–Trinajstić information content (AvgIpc) is 2.90. The zero-order valence-corrected chi connectivity index (χ0v) is 12.4. The highest BCUT2D eigenvalue weighted by atomic mass is 35.5. The number of alkyl halides is 1. The van der Waals surface area contributed by atoms with Gasteiger partial charge >= 0.3 is 0 Å². The minimum Gasteiger partial charge on any atom is -0.353 e. The van der Waals surface area contributed by atoms with Crippen molar-refractivity contribution >= 4 is 17.5 Å². The Hall–Kier alpha value is -0.240. The Morgan fingerprint density at radius 2 is 2.11 bits per heavy atom. The van der Waals surface area contributed by atoms with Gasteiger partial charge in [-0.3, -0.25) is 4.79 Å². The second-order valence-electron chi connectivity index (χ2n) is 6.53. The minimum absolute atomic E-state index is 0.244. The lowest BCUT2D eigenvalue weighted by atomic mass is 9.86. The molecule has 1 amide bonds. The van der Waals surface area contributed by atoms with E-state index in [4.69, 9.17) is 11.6 Å². The molecule has 2 aliphatic rings. The van der Waals surface area contributed by atoms with Gasteiger partial charge in [-0.15, -0.1) is 11.6 Å². The Balaban J connectivity index is 1.77. The molecule has 1 N–H and O–H groups in total. The van der Waals surface area contributed by atoms with Crippen LogP contribution < -0.4 is 5.32 Å². The molecule has 2 aliphatic carbocycles. The summed E-state index contributed by atoms with van der Waals surface area (Å²) in [5.41, 5.74) is 0. The van der Waals surface area contributed by atoms with Crippen molar-refractivity contribution in [3.63, 3.8) is 0 Å². The lowest BCUT2D eigenvalue weighted by Gasteiger charge is -2.25. The zero-order chi connectivity index (χ0) is 13.1. The third-order valence-electron chi connectivity index (χ3n) is 4.90. The van der Waals surface area contributed by atoms with Crippen LogP contribution in [-0.4, -0.2) is 17.8 Å². The van der Waals surface area contributed by atoms with Gasteiger partial charge in [0.2, 0.25) is 5.91 Å². The van der Waals surface area contributed by atoms with Crippen molar-refractivity contribution in [3.8, 4) is 0 Å². The Kier molecular flexibility index (Phi) is 4.94. The highest BCUT2D eigenvalue weighted by Crippen LogP contribution is 2.49. The Morgan fingerprint density at radius 3 is 2.61 bits per heavy atom. The number of hydrogen-bond acceptors (Lipinski definition) is 1. The smallest absolute Gasteiger partial charge is 0.220 e. The van der Waals surface area contributed by atoms with Gasteiger partial charge < -0.3 is 5.32 Å². The van der Waals surface area contributed by atoms with Crippen molar-refractivity contribution in [2.24, 2.45) is 23.7 Å². The van der Waals surface area contributed by atoms with E-state index < -0.39 is 0 Å². The van der Waals surface area contributed by atoms with Crippen LogP contribution in [0, 0.1) is 23.7 Å². The van der Waals surface area contributed by atoms with Crippen LogP contribution in [0.1, 0.15) is 52.4 Å². The second kappa shape index (κ2) is 6.27. The largest absolute Gasteiger partial charge is 0.353 e. The predicted molar refractivity (Wildman–Crippen MR) is 75.7 cm³/mol. The molecule has 0 aliphatic heterocycles. The van der Waals surface area contributed by atoms with Crippen LogP contribution in [0.4, 0.5) is 0 Å². The molecule has 0 saturated heterocycles. The number of fused-ring (bicyclic) bond motifs is 2. The molecule has 0 radical (unpaired) electrons. The third-order valence-corrected chi connectivity index (χ3v) is 5.12. The van der Waals surface area contributed by atoms with E-state index in [1.54, 1.807) is 0 Å². The van der Waals surface area contributed by atoms with Gasteiger partial charge in [-0.25, -0.2) is 0 Å². The van der Waals surface area contributed by atoms with E-state index in [0.717, 1.165) is 24.7 Å². The summed E-state index contributed by atoms with van der Waals surface area (Å²) in [6, 6.07) is 0.244. The van der Waals surface area contributed by atoms with E-state index >= 15 is 0 Å². The van der Waals surface area contributed by atoms with Gasteiger partial charge in [0, 0.05) is 18.3 Å². The Labute approximate surface area is 116 Å². The highest BCUT2D eigenvalue weighted by Gasteiger charge is 2.40. The maximum Gasteiger partial charge on any atom is 0.220 e. The van der Waals surface area contributed by atoms with E-state index in [2.05, 4.69) is 19.2 Å². The van der Waals surface area contributed by atoms with Crippen molar-refractivity contribution in [3.05, 3.63) is 0 Å². The molecule has 2 bridgehead atoms. The molecular weight excluding hydrogens is 246 g/mol. The molecule has 2 saturated carbocycles. The topological polar surface area (TPSA) is 29.1 Å². The van der Waals surface area contributed by atoms with Gasteiger partial charge in [0.1, 0.15) is 0 Å². The lowest BCUT2D eigenvalue weighted by Crippen LogP contribution is -2.39. The molecular formula is C15H26ClNO. The fourth-order valence-electron chi connectivity index (χ4n) is 3.82. The second-order valence-corrected chi connectivity index (χ2v) is 6.91. The van der Waals surface area contributed by atoms with E-state index in [0.29, 0.717) is 17.7 Å². The van der Waals surface area contributed by atoms with Gasteiger partial charge in [0.05, 0.1) is 0 Å². The zero-order valence-electron chi connectivity index (χ0n) is 11.6. The average molecular weight is 272 g/mol. The van der Waals surface area contributed by atoms with Crippen molar-refractivity contribution in [1.29, 1.82) is 0 Å². The first-order valence-corrected chi connectivity index (χ1v) is 7.99. The molecule has 0 heterocycles. The van der Waals surface area contributed by atoms with Crippen LogP contribution in [0.3, 0.4) is 0 Å². The number of rotatable bonds is 6. The van der Waals surface area contributed by atoms with E-state index in [1.165, 1.54) is 25.7 Å². The molecule has 2 fully saturated rings. The van der Waals surface area contributed by atoms with Crippen molar-refractivity contribution in [1.82, 2.24) is 5.32 Å². The van der Waals surface area contributed by atoms with Crippen LogP contribution in [0.25, 0.3) is 0 Å². The van der Waals surface area contributed by atoms with Crippen molar-refractivity contribution in [2.45, 2.75) is 58.4 Å². The monoisotopic (exact) mass is 271 g/mol. The van der Waals surface area contributed by atoms with Crippen LogP contribution in [0.2, 0.25) is 0 Å². The molecule has 18 heavy (non-hydrogen) atoms. The summed E-state index contributed by atoms with van der Waals surface area (Å²) in [6.45, 7) is 4.30. The molecule has 4 unspecified atom stereocenters. The molecule has 0 aromatic rings. The Bertz CT molecular complexity index is 286. The van der Waals surface area contributed by atoms with Crippen molar-refractivity contribution < 1.29 is 4.79 Å². The molecule has 3 heteroatoms. The fraction of sp³-hybridized carbons (Fsp3) is 0.933. The summed E-state index contributed by atoms with van der Waals surface area (Å²) < 4.78 is 0. The van der Waals surface area contributed by atoms with Crippen LogP contribution in [0.5, 0.6) is 0 Å². The number of carbonyl (C=O) groups excluding carboxylic acids is 1. The molecule has 0 spiro atoms. The maximum absolute atomic E-state index is 12.1. The van der Waals surface area contributed by atoms with Gasteiger partial charge in [0.15, 0.2) is 0 Å². The third kappa shape index (κ3) is 3.40. The predicted octanol–water partition coefficient (Wildman–Crippen LogP) is 3.58. The SMILES string of the molecule is CC(C)C(CCCl)NC(=O)CC1CC2CCC1C2. The van der Waals surface area contributed by atoms with E-state index in [9.17, 15) is 4.79 Å². The summed E-state index contributed by atoms with van der Waals surface area (Å²) in [4.78, 5) is 12.1. The molecule has 104 valence electrons. The normalized spacial score (nSPS) is 31.9. The molecule has 2 rings (SSSR count). The maximum atomic E-state index is 12.1. The Morgan fingerprint density at radius 1 is 1.33 bits per heavy atom. The molecule has 4 atom stereocenters. The fourth-order valence-corrected chi connectivity index (χ4v) is 4.06. The quantitative estimate of drug-likeness (QED) is 0.735. The molecule has 2 nitrogen and oxygen atoms in total. The first-order valence-electron chi connectivity index (χ1n) is 7.45. The van der Waals surface area contributed by atoms with Gasteiger partial charge in [-0.1, -0.05) is 20.3 Å². The van der Waals surface area contributed by atoms with Crippen LogP contribution in [0.15, 0.2) is 0 Å². The number of hydrogen-bond donors (Lipinski definition) is 1. The van der Waals surface area contributed by atoms with Gasteiger partial charge in [-0.2, -0.15) is 0 Å². The summed E-state index contributed by atoms with van der Waals surface area (Å²) in [6.07, 6.45) is 7.06. The summed E-state index contributed by atoms with van der Waals surface area (Å²) >= 11 is 5.79. The molecule has 0 aromatic heterocycles. The highest BCUT2D eigenvalue weighted by molar-refractivity contribution is 6.17. The van der Waals surface area contributed by atoms with Crippen LogP contribution in [-0.2, 0) is 4.79 Å². The summed E-state index contributed by atoms with van der Waals surface area (Å²) in [7, 11) is 0. The van der Waals surface area contributed by atoms with Gasteiger partial charge in [-0.05, 0) is 49.4 Å². The van der Waals surface area contributed by atoms with Crippen molar-refractivity contribution in [2.75, 3.05) is 5.88 Å². The van der Waals surface area contributed by atoms with Gasteiger partial charge in [0.25, 0.3) is 0 Å². The van der Waals surface area contributed by atoms with Crippen LogP contribution >= 0.6 is 11.6 Å². The number of amides is 1. The lowest BCUT2D eigenvalue weighted by molar-refractivity contribution is -0.123. The first-order chi connectivity index (χ1) is 8.60. The minimum atomic E-state index is 0.244. The number of carbonyl (C=O) groups is 1. The molecule has 0 aromatic carbocycles. The summed E-state index contributed by atoms with van der Waals surface area (Å²) in [5.74, 6) is 3.76. The van der Waals surface area contributed by atoms with E-state index in [1.807, 2.05) is 0 Å². The number of nitrogens with one attached hydrogen (secondary N) is 1. The standard InChI is InChI=1S/C15H26ClNO/c1-10(2)14(5-6-16)17-15(18)9-13-8-11-3-4-12(13)7-11/h10-14H,3-9H2,1-2H3,(H,17,18). The first kappa shape index (κ1) is 14.2. The summed E-state index contributed by atoms with van der Waals surface area (Å²) in [5, 5.41) is 3.18. The van der Waals surface area contributed by atoms with E-state index in [-0.39, 0.29) is 11.9 Å². The number of halogens is 1.